The lowest BCUT2D eigenvalue weighted by atomic mass is 10.0. The summed E-state index contributed by atoms with van der Waals surface area (Å²) >= 11 is 0. The Balaban J connectivity index is 1.87. The summed E-state index contributed by atoms with van der Waals surface area (Å²) in [5.41, 5.74) is 3.51. The SMILES string of the molecule is CCCCCCCCCCCCCCCCCC(=O)N/N=C\c1cccc(OC)c1. The molecule has 0 saturated heterocycles. The second-order valence-electron chi connectivity index (χ2n) is 8.27. The molecule has 0 aliphatic rings. The van der Waals surface area contributed by atoms with Gasteiger partial charge in [-0.2, -0.15) is 5.10 Å². The van der Waals surface area contributed by atoms with Crippen molar-refractivity contribution in [1.82, 2.24) is 5.43 Å². The normalized spacial score (nSPS) is 11.1. The van der Waals surface area contributed by atoms with Crippen LogP contribution in [0.25, 0.3) is 0 Å². The molecule has 0 fully saturated rings. The first-order valence-electron chi connectivity index (χ1n) is 12.2. The highest BCUT2D eigenvalue weighted by molar-refractivity contribution is 5.82. The number of nitrogens with one attached hydrogen (secondary N) is 1. The van der Waals surface area contributed by atoms with Gasteiger partial charge in [-0.15, -0.1) is 0 Å². The third-order valence-corrected chi connectivity index (χ3v) is 5.50. The van der Waals surface area contributed by atoms with Crippen LogP contribution < -0.4 is 10.2 Å². The molecule has 1 N–H and O–H groups in total. The summed E-state index contributed by atoms with van der Waals surface area (Å²) in [5, 5.41) is 4.03. The van der Waals surface area contributed by atoms with Gasteiger partial charge in [0.25, 0.3) is 0 Å². The highest BCUT2D eigenvalue weighted by Gasteiger charge is 2.00. The van der Waals surface area contributed by atoms with Crippen molar-refractivity contribution in [1.29, 1.82) is 0 Å². The minimum Gasteiger partial charge on any atom is -0.497 e. The number of nitrogens with zero attached hydrogens (tertiary/aromatic N) is 1. The minimum absolute atomic E-state index is 0.0103. The Morgan fingerprint density at radius 2 is 1.40 bits per heavy atom. The number of benzene rings is 1. The average molecular weight is 417 g/mol. The maximum Gasteiger partial charge on any atom is 0.240 e. The topological polar surface area (TPSA) is 50.7 Å². The summed E-state index contributed by atoms with van der Waals surface area (Å²) in [6.45, 7) is 2.28. The van der Waals surface area contributed by atoms with Crippen LogP contribution >= 0.6 is 0 Å². The number of rotatable bonds is 19. The van der Waals surface area contributed by atoms with Crippen LogP contribution in [0.4, 0.5) is 0 Å². The Bertz CT molecular complexity index is 572. The fourth-order valence-corrected chi connectivity index (χ4v) is 3.61. The fourth-order valence-electron chi connectivity index (χ4n) is 3.61. The van der Waals surface area contributed by atoms with Gasteiger partial charge in [-0.25, -0.2) is 5.43 Å². The summed E-state index contributed by atoms with van der Waals surface area (Å²) < 4.78 is 5.17. The van der Waals surface area contributed by atoms with E-state index >= 15 is 0 Å². The maximum atomic E-state index is 11.8. The van der Waals surface area contributed by atoms with E-state index < -0.39 is 0 Å². The molecule has 1 amide bonds. The van der Waals surface area contributed by atoms with E-state index in [0.29, 0.717) is 6.42 Å². The number of hydrazone groups is 1. The zero-order valence-electron chi connectivity index (χ0n) is 19.5. The number of methoxy groups -OCH3 is 1. The van der Waals surface area contributed by atoms with Crippen molar-refractivity contribution in [2.45, 2.75) is 110 Å². The van der Waals surface area contributed by atoms with Crippen LogP contribution in [0.2, 0.25) is 0 Å². The van der Waals surface area contributed by atoms with Gasteiger partial charge >= 0.3 is 0 Å². The summed E-state index contributed by atoms with van der Waals surface area (Å²) in [4.78, 5) is 11.8. The molecule has 0 aromatic heterocycles. The molecular weight excluding hydrogens is 372 g/mol. The number of ether oxygens (including phenoxy) is 1. The molecule has 1 rings (SSSR count). The van der Waals surface area contributed by atoms with Gasteiger partial charge in [0.05, 0.1) is 13.3 Å². The van der Waals surface area contributed by atoms with E-state index in [1.807, 2.05) is 24.3 Å². The molecule has 0 aliphatic heterocycles. The van der Waals surface area contributed by atoms with Crippen LogP contribution in [0.1, 0.15) is 115 Å². The zero-order chi connectivity index (χ0) is 21.7. The Labute approximate surface area is 184 Å². The summed E-state index contributed by atoms with van der Waals surface area (Å²) in [5.74, 6) is 0.770. The molecule has 0 aliphatic carbocycles. The Morgan fingerprint density at radius 3 is 1.93 bits per heavy atom. The van der Waals surface area contributed by atoms with E-state index in [1.165, 1.54) is 83.5 Å². The molecule has 4 heteroatoms. The number of hydrogen-bond acceptors (Lipinski definition) is 3. The summed E-state index contributed by atoms with van der Waals surface area (Å²) in [6.07, 6.45) is 22.2. The smallest absolute Gasteiger partial charge is 0.240 e. The summed E-state index contributed by atoms with van der Waals surface area (Å²) in [7, 11) is 1.63. The average Bonchev–Trinajstić information content (AvgIpc) is 2.76. The highest BCUT2D eigenvalue weighted by Crippen LogP contribution is 2.14. The van der Waals surface area contributed by atoms with Gasteiger partial charge in [0, 0.05) is 6.42 Å². The molecular formula is C26H44N2O2. The Morgan fingerprint density at radius 1 is 0.867 bits per heavy atom. The Hall–Kier alpha value is -1.84. The molecule has 1 aromatic rings. The van der Waals surface area contributed by atoms with Crippen LogP contribution in [0.3, 0.4) is 0 Å². The zero-order valence-corrected chi connectivity index (χ0v) is 19.5. The second-order valence-corrected chi connectivity index (χ2v) is 8.27. The molecule has 0 radical (unpaired) electrons. The second kappa shape index (κ2) is 19.1. The number of unbranched alkanes of at least 4 members (excludes halogenated alkanes) is 14. The highest BCUT2D eigenvalue weighted by atomic mass is 16.5. The van der Waals surface area contributed by atoms with Crippen LogP contribution in [0.5, 0.6) is 5.75 Å². The minimum atomic E-state index is -0.0103. The van der Waals surface area contributed by atoms with Gasteiger partial charge < -0.3 is 4.74 Å². The molecule has 1 aromatic carbocycles. The van der Waals surface area contributed by atoms with E-state index in [9.17, 15) is 4.79 Å². The first-order valence-corrected chi connectivity index (χ1v) is 12.2. The van der Waals surface area contributed by atoms with Crippen LogP contribution in [-0.4, -0.2) is 19.2 Å². The van der Waals surface area contributed by atoms with Crippen molar-refractivity contribution in [3.8, 4) is 5.75 Å². The van der Waals surface area contributed by atoms with Crippen LogP contribution in [0.15, 0.2) is 29.4 Å². The van der Waals surface area contributed by atoms with Crippen LogP contribution in [0, 0.1) is 0 Å². The lowest BCUT2D eigenvalue weighted by molar-refractivity contribution is -0.121. The standard InChI is InChI=1S/C26H44N2O2/c1-3-4-5-6-7-8-9-10-11-12-13-14-15-16-17-21-26(29)28-27-23-24-19-18-20-25(22-24)30-2/h18-20,22-23H,3-17,21H2,1-2H3,(H,28,29)/b27-23-. The quantitative estimate of drug-likeness (QED) is 0.145. The van der Waals surface area contributed by atoms with Crippen molar-refractivity contribution in [3.63, 3.8) is 0 Å². The van der Waals surface area contributed by atoms with E-state index in [-0.39, 0.29) is 5.91 Å². The molecule has 0 atom stereocenters. The van der Waals surface area contributed by atoms with Crippen molar-refractivity contribution in [2.24, 2.45) is 5.10 Å². The lowest BCUT2D eigenvalue weighted by Crippen LogP contribution is -2.16. The summed E-state index contributed by atoms with van der Waals surface area (Å²) in [6, 6.07) is 7.58. The van der Waals surface area contributed by atoms with Gasteiger partial charge in [0.15, 0.2) is 0 Å². The number of amides is 1. The Kier molecular flexibility index (Phi) is 16.7. The maximum absolute atomic E-state index is 11.8. The van der Waals surface area contributed by atoms with E-state index in [2.05, 4.69) is 17.5 Å². The third kappa shape index (κ3) is 15.1. The first kappa shape index (κ1) is 26.2. The number of hydrogen-bond donors (Lipinski definition) is 1. The van der Waals surface area contributed by atoms with Crippen molar-refractivity contribution in [2.75, 3.05) is 7.11 Å². The van der Waals surface area contributed by atoms with Gasteiger partial charge in [0.1, 0.15) is 5.75 Å². The molecule has 170 valence electrons. The number of carbonyl (C=O) groups excluding carboxylic acids is 1. The molecule has 30 heavy (non-hydrogen) atoms. The monoisotopic (exact) mass is 416 g/mol. The predicted octanol–water partition coefficient (Wildman–Crippen LogP) is 7.41. The lowest BCUT2D eigenvalue weighted by Gasteiger charge is -2.03. The van der Waals surface area contributed by atoms with E-state index in [1.54, 1.807) is 13.3 Å². The van der Waals surface area contributed by atoms with E-state index in [4.69, 9.17) is 4.74 Å². The van der Waals surface area contributed by atoms with Crippen molar-refractivity contribution < 1.29 is 9.53 Å². The molecule has 0 bridgehead atoms. The molecule has 0 saturated carbocycles. The fraction of sp³-hybridized carbons (Fsp3) is 0.692. The third-order valence-electron chi connectivity index (χ3n) is 5.50. The van der Waals surface area contributed by atoms with Crippen LogP contribution in [-0.2, 0) is 4.79 Å². The van der Waals surface area contributed by atoms with Crippen molar-refractivity contribution in [3.05, 3.63) is 29.8 Å². The molecule has 0 unspecified atom stereocenters. The first-order chi connectivity index (χ1) is 14.8. The van der Waals surface area contributed by atoms with Gasteiger partial charge in [0.2, 0.25) is 5.91 Å². The van der Waals surface area contributed by atoms with Gasteiger partial charge in [-0.3, -0.25) is 4.79 Å². The van der Waals surface area contributed by atoms with E-state index in [0.717, 1.165) is 24.2 Å². The number of carbonyl (C=O) groups is 1. The largest absolute Gasteiger partial charge is 0.497 e. The van der Waals surface area contributed by atoms with Crippen molar-refractivity contribution >= 4 is 12.1 Å². The predicted molar refractivity (Wildman–Crippen MR) is 128 cm³/mol. The molecule has 4 nitrogen and oxygen atoms in total. The molecule has 0 spiro atoms. The van der Waals surface area contributed by atoms with Gasteiger partial charge in [-0.1, -0.05) is 109 Å². The molecule has 0 heterocycles. The van der Waals surface area contributed by atoms with Gasteiger partial charge in [-0.05, 0) is 24.1 Å².